The van der Waals surface area contributed by atoms with E-state index in [4.69, 9.17) is 9.17 Å². The van der Waals surface area contributed by atoms with Crippen molar-refractivity contribution in [3.05, 3.63) is 188 Å². The third-order valence-electron chi connectivity index (χ3n) is 9.38. The zero-order valence-electron chi connectivity index (χ0n) is 29.6. The van der Waals surface area contributed by atoms with Crippen LogP contribution in [-0.2, 0) is 10.1 Å². The van der Waals surface area contributed by atoms with E-state index < -0.39 is 21.4 Å². The highest BCUT2D eigenvalue weighted by Gasteiger charge is 2.48. The van der Waals surface area contributed by atoms with Gasteiger partial charge in [-0.25, -0.2) is 0 Å². The fourth-order valence-corrected chi connectivity index (χ4v) is 7.18. The lowest BCUT2D eigenvalue weighted by Gasteiger charge is -2.18. The van der Waals surface area contributed by atoms with Gasteiger partial charge in [-0.05, 0) is 86.5 Å². The van der Waals surface area contributed by atoms with Crippen LogP contribution in [0.4, 0.5) is 13.2 Å². The summed E-state index contributed by atoms with van der Waals surface area (Å²) < 4.78 is 70.9. The summed E-state index contributed by atoms with van der Waals surface area (Å²) >= 11 is 0. The molecule has 0 bridgehead atoms. The molecular weight excluding hydrogens is 730 g/mol. The fourth-order valence-electron chi connectivity index (χ4n) is 6.74. The van der Waals surface area contributed by atoms with E-state index in [2.05, 4.69) is 4.98 Å². The van der Waals surface area contributed by atoms with Gasteiger partial charge in [0.25, 0.3) is 0 Å². The van der Waals surface area contributed by atoms with Crippen molar-refractivity contribution in [3.63, 3.8) is 0 Å². The number of benzene rings is 6. The van der Waals surface area contributed by atoms with Crippen molar-refractivity contribution in [1.29, 1.82) is 0 Å². The summed E-state index contributed by atoms with van der Waals surface area (Å²) in [6.45, 7) is 0. The normalized spacial score (nSPS) is 11.6. The molecule has 274 valence electrons. The molecule has 0 atom stereocenters. The lowest BCUT2D eigenvalue weighted by atomic mass is 9.88. The Bertz CT molecular complexity index is 2760. The van der Waals surface area contributed by atoms with E-state index in [9.17, 15) is 21.6 Å². The molecule has 2 aromatic heterocycles. The highest BCUT2D eigenvalue weighted by atomic mass is 32.2. The van der Waals surface area contributed by atoms with Crippen LogP contribution in [0.15, 0.2) is 188 Å². The van der Waals surface area contributed by atoms with Crippen molar-refractivity contribution in [2.75, 3.05) is 0 Å². The summed E-state index contributed by atoms with van der Waals surface area (Å²) in [6, 6.07) is 54.5. The maximum absolute atomic E-state index is 13.7. The predicted octanol–water partition coefficient (Wildman–Crippen LogP) is 12.4. The van der Waals surface area contributed by atoms with Gasteiger partial charge in [-0.3, -0.25) is 9.97 Å². The summed E-state index contributed by atoms with van der Waals surface area (Å²) in [5.41, 5.74) is 4.94. The average molecular weight is 761 g/mol. The van der Waals surface area contributed by atoms with Gasteiger partial charge in [0.05, 0.1) is 11.4 Å². The SMILES string of the molecule is O=S(=O)(Oc1cc(-c2ccccc2-c2ccc(-c3ccccn3)cc2)cc(-c2ccccc2-c2cnc(-c3ccccc3)cc2-c2ccccc2)c1)C(F)(F)F. The van der Waals surface area contributed by atoms with E-state index in [-0.39, 0.29) is 0 Å². The first-order valence-corrected chi connectivity index (χ1v) is 19.0. The fraction of sp³-hybridized carbons (Fsp3) is 0.0213. The molecule has 0 aliphatic carbocycles. The van der Waals surface area contributed by atoms with Gasteiger partial charge in [-0.15, -0.1) is 0 Å². The molecular formula is C47H31F3N2O3S. The van der Waals surface area contributed by atoms with Gasteiger partial charge in [0, 0.05) is 29.1 Å². The number of alkyl halides is 3. The molecule has 0 N–H and O–H groups in total. The number of pyridine rings is 2. The van der Waals surface area contributed by atoms with Crippen molar-refractivity contribution >= 4 is 10.1 Å². The first-order valence-electron chi connectivity index (χ1n) is 17.6. The Morgan fingerprint density at radius 3 is 1.48 bits per heavy atom. The quantitative estimate of drug-likeness (QED) is 0.108. The zero-order valence-corrected chi connectivity index (χ0v) is 30.4. The number of aromatic nitrogens is 2. The monoisotopic (exact) mass is 760 g/mol. The summed E-state index contributed by atoms with van der Waals surface area (Å²) in [5, 5.41) is 0. The van der Waals surface area contributed by atoms with Crippen LogP contribution < -0.4 is 4.18 Å². The predicted molar refractivity (Wildman–Crippen MR) is 216 cm³/mol. The van der Waals surface area contributed by atoms with Crippen LogP contribution in [0.25, 0.3) is 78.1 Å². The molecule has 0 saturated carbocycles. The number of hydrogen-bond donors (Lipinski definition) is 0. The van der Waals surface area contributed by atoms with Crippen molar-refractivity contribution in [2.24, 2.45) is 0 Å². The average Bonchev–Trinajstić information content (AvgIpc) is 3.24. The van der Waals surface area contributed by atoms with E-state index >= 15 is 0 Å². The van der Waals surface area contributed by atoms with Gasteiger partial charge in [-0.1, -0.05) is 140 Å². The molecule has 8 rings (SSSR count). The van der Waals surface area contributed by atoms with Gasteiger partial charge in [-0.2, -0.15) is 21.6 Å². The van der Waals surface area contributed by atoms with Crippen LogP contribution in [0.3, 0.4) is 0 Å². The van der Waals surface area contributed by atoms with Gasteiger partial charge < -0.3 is 4.18 Å². The van der Waals surface area contributed by atoms with E-state index in [1.165, 1.54) is 12.1 Å². The Kier molecular flexibility index (Phi) is 9.76. The minimum absolute atomic E-state index is 0.442. The number of hydrogen-bond acceptors (Lipinski definition) is 5. The summed E-state index contributed by atoms with van der Waals surface area (Å²) in [4.78, 5) is 9.28. The lowest BCUT2D eigenvalue weighted by Crippen LogP contribution is -2.28. The topological polar surface area (TPSA) is 69.2 Å². The molecule has 0 aliphatic heterocycles. The maximum atomic E-state index is 13.7. The van der Waals surface area contributed by atoms with Crippen LogP contribution in [0.2, 0.25) is 0 Å². The molecule has 0 amide bonds. The van der Waals surface area contributed by atoms with E-state index in [0.29, 0.717) is 22.3 Å². The lowest BCUT2D eigenvalue weighted by molar-refractivity contribution is -0.0500. The Morgan fingerprint density at radius 2 is 0.893 bits per heavy atom. The van der Waals surface area contributed by atoms with Gasteiger partial charge in [0.1, 0.15) is 5.75 Å². The minimum Gasteiger partial charge on any atom is -0.376 e. The molecule has 0 radical (unpaired) electrons. The minimum atomic E-state index is -5.99. The number of rotatable bonds is 9. The van der Waals surface area contributed by atoms with Gasteiger partial charge >= 0.3 is 15.6 Å². The third kappa shape index (κ3) is 7.45. The van der Waals surface area contributed by atoms with E-state index in [0.717, 1.165) is 55.9 Å². The number of halogens is 3. The van der Waals surface area contributed by atoms with Crippen molar-refractivity contribution in [2.45, 2.75) is 5.51 Å². The third-order valence-corrected chi connectivity index (χ3v) is 10.4. The first-order chi connectivity index (χ1) is 27.1. The van der Waals surface area contributed by atoms with Crippen LogP contribution in [0, 0.1) is 0 Å². The Balaban J connectivity index is 1.30. The molecule has 8 aromatic rings. The molecule has 2 heterocycles. The molecule has 0 aliphatic rings. The molecule has 5 nitrogen and oxygen atoms in total. The van der Waals surface area contributed by atoms with Gasteiger partial charge in [0.2, 0.25) is 0 Å². The van der Waals surface area contributed by atoms with Crippen LogP contribution >= 0.6 is 0 Å². The van der Waals surface area contributed by atoms with Crippen LogP contribution in [0.1, 0.15) is 0 Å². The Hall–Kier alpha value is -6.84. The van der Waals surface area contributed by atoms with Crippen molar-refractivity contribution < 1.29 is 25.8 Å². The Morgan fingerprint density at radius 1 is 0.411 bits per heavy atom. The van der Waals surface area contributed by atoms with Gasteiger partial charge in [0.15, 0.2) is 0 Å². The smallest absolute Gasteiger partial charge is 0.376 e. The second-order valence-corrected chi connectivity index (χ2v) is 14.5. The van der Waals surface area contributed by atoms with E-state index in [1.54, 1.807) is 12.4 Å². The van der Waals surface area contributed by atoms with Crippen molar-refractivity contribution in [1.82, 2.24) is 9.97 Å². The second-order valence-electron chi connectivity index (χ2n) is 13.0. The highest BCUT2D eigenvalue weighted by molar-refractivity contribution is 7.88. The second kappa shape index (κ2) is 15.1. The molecule has 9 heteroatoms. The molecule has 56 heavy (non-hydrogen) atoms. The summed E-state index contributed by atoms with van der Waals surface area (Å²) in [5.74, 6) is -0.481. The van der Waals surface area contributed by atoms with Crippen molar-refractivity contribution in [3.8, 4) is 83.9 Å². The van der Waals surface area contributed by atoms with Crippen LogP contribution in [0.5, 0.6) is 5.75 Å². The van der Waals surface area contributed by atoms with Crippen LogP contribution in [-0.4, -0.2) is 23.9 Å². The first kappa shape index (κ1) is 36.2. The standard InChI is InChI=1S/C47H31F3N2O3S/c48-47(49,50)56(53,54)55-38-28-36(40-18-8-7-17-39(40)33-22-24-35(25-23-33)45-21-11-12-26-51-45)27-37(29-38)41-19-9-10-20-42(41)44-31-52-46(34-15-5-2-6-16-34)30-43(44)32-13-3-1-4-14-32/h1-31H. The molecule has 6 aromatic carbocycles. The largest absolute Gasteiger partial charge is 0.534 e. The number of nitrogens with zero attached hydrogens (tertiary/aromatic N) is 2. The molecule has 0 unspecified atom stereocenters. The van der Waals surface area contributed by atoms with E-state index in [1.807, 2.05) is 164 Å². The molecule has 0 saturated heterocycles. The molecule has 0 spiro atoms. The zero-order chi connectivity index (χ0) is 38.7. The summed E-state index contributed by atoms with van der Waals surface area (Å²) in [6.07, 6.45) is 3.52. The summed E-state index contributed by atoms with van der Waals surface area (Å²) in [7, 11) is -5.99. The maximum Gasteiger partial charge on any atom is 0.534 e. The highest BCUT2D eigenvalue weighted by Crippen LogP contribution is 2.43. The Labute approximate surface area is 322 Å². The molecule has 0 fully saturated rings.